The van der Waals surface area contributed by atoms with E-state index in [1.54, 1.807) is 0 Å². The first-order valence-electron chi connectivity index (χ1n) is 9.42. The Hall–Kier alpha value is 0.280. The van der Waals surface area contributed by atoms with Gasteiger partial charge in [-0.3, -0.25) is 5.04 Å². The van der Waals surface area contributed by atoms with Crippen LogP contribution < -0.4 is 69.3 Å². The van der Waals surface area contributed by atoms with Crippen molar-refractivity contribution >= 4 is 29.1 Å². The zero-order valence-electron chi connectivity index (χ0n) is 18.8. The molecule has 2 aromatic carbocycles. The Labute approximate surface area is 240 Å². The third-order valence-corrected chi connectivity index (χ3v) is 6.26. The molecule has 1 aliphatic heterocycles. The molecule has 0 saturated heterocycles. The second kappa shape index (κ2) is 14.0. The third kappa shape index (κ3) is 7.39. The number of allylic oxidation sites excluding steroid dienone is 1. The Bertz CT molecular complexity index is 927. The molecule has 1 aliphatic rings. The number of unbranched alkanes of at least 4 members (excludes halogenated alkanes) is 1. The normalized spacial score (nSPS) is 15.0. The van der Waals surface area contributed by atoms with Crippen LogP contribution in [-0.4, -0.2) is 21.9 Å². The van der Waals surface area contributed by atoms with Crippen LogP contribution in [0.15, 0.2) is 59.6 Å². The molecule has 1 unspecified atom stereocenters. The molecular formula is C21H23NNa2O6S2. The molecule has 0 bridgehead atoms. The van der Waals surface area contributed by atoms with E-state index < -0.39 is 11.4 Å². The van der Waals surface area contributed by atoms with Crippen molar-refractivity contribution in [3.05, 3.63) is 60.3 Å². The molecule has 0 fully saturated rings. The van der Waals surface area contributed by atoms with E-state index in [1.807, 2.05) is 24.3 Å². The number of rotatable bonds is 10. The summed E-state index contributed by atoms with van der Waals surface area (Å²) >= 11 is -1.60. The van der Waals surface area contributed by atoms with Crippen molar-refractivity contribution in [1.29, 1.82) is 0 Å². The first-order valence-corrected chi connectivity index (χ1v) is 11.2. The van der Waals surface area contributed by atoms with Gasteiger partial charge in [0, 0.05) is 28.2 Å². The summed E-state index contributed by atoms with van der Waals surface area (Å²) in [5, 5.41) is 13.3. The van der Waals surface area contributed by atoms with Gasteiger partial charge in [-0.05, 0) is 53.8 Å². The van der Waals surface area contributed by atoms with E-state index in [4.69, 9.17) is 0 Å². The molecule has 0 N–H and O–H groups in total. The van der Waals surface area contributed by atoms with Gasteiger partial charge in [0.25, 0.3) is 0 Å². The van der Waals surface area contributed by atoms with Gasteiger partial charge >= 0.3 is 59.1 Å². The predicted molar refractivity (Wildman–Crippen MR) is 114 cm³/mol. The van der Waals surface area contributed by atoms with E-state index in [-0.39, 0.29) is 71.1 Å². The summed E-state index contributed by atoms with van der Waals surface area (Å²) in [4.78, 5) is 2.97. The van der Waals surface area contributed by atoms with E-state index in [1.165, 1.54) is 5.56 Å². The van der Waals surface area contributed by atoms with E-state index in [9.17, 15) is 14.0 Å². The molecule has 0 aliphatic carbocycles. The van der Waals surface area contributed by atoms with Gasteiger partial charge in [0.15, 0.2) is 0 Å². The smallest absolute Gasteiger partial charge is 0.750 e. The number of hydrogen-bond donors (Lipinski definition) is 0. The van der Waals surface area contributed by atoms with E-state index >= 15 is 0 Å². The summed E-state index contributed by atoms with van der Waals surface area (Å²) in [5.41, 5.74) is 5.25. The monoisotopic (exact) mass is 495 g/mol. The van der Waals surface area contributed by atoms with Crippen molar-refractivity contribution in [2.75, 3.05) is 18.1 Å². The summed E-state index contributed by atoms with van der Waals surface area (Å²) in [6.07, 6.45) is 1.44. The molecule has 2 aromatic rings. The minimum absolute atomic E-state index is 0. The van der Waals surface area contributed by atoms with Crippen LogP contribution in [0, 0.1) is 0 Å². The zero-order valence-corrected chi connectivity index (χ0v) is 24.4. The molecule has 1 heterocycles. The number of nitrogens with zero attached hydrogens (tertiary/aromatic N) is 1. The van der Waals surface area contributed by atoms with Crippen LogP contribution in [0.2, 0.25) is 0 Å². The van der Waals surface area contributed by atoms with Gasteiger partial charge in [-0.1, -0.05) is 38.6 Å². The Morgan fingerprint density at radius 3 is 2.38 bits per heavy atom. The molecule has 32 heavy (non-hydrogen) atoms. The fourth-order valence-electron chi connectivity index (χ4n) is 3.60. The third-order valence-electron chi connectivity index (χ3n) is 5.31. The molecule has 0 radical (unpaired) electrons. The van der Waals surface area contributed by atoms with Crippen LogP contribution in [0.25, 0.3) is 11.1 Å². The van der Waals surface area contributed by atoms with Crippen molar-refractivity contribution in [2.45, 2.75) is 37.0 Å². The van der Waals surface area contributed by atoms with E-state index in [0.29, 0.717) is 6.42 Å². The van der Waals surface area contributed by atoms with Crippen LogP contribution in [0.1, 0.15) is 32.3 Å². The van der Waals surface area contributed by atoms with Crippen molar-refractivity contribution < 1.29 is 86.7 Å². The summed E-state index contributed by atoms with van der Waals surface area (Å²) in [7, 11) is 0. The Kier molecular flexibility index (Phi) is 13.2. The maximum atomic E-state index is 10.5. The number of fused-ring (bicyclic) bond motifs is 1. The number of anilines is 1. The van der Waals surface area contributed by atoms with Gasteiger partial charge in [-0.2, -0.15) is 4.33 Å². The summed E-state index contributed by atoms with van der Waals surface area (Å²) in [5.74, 6) is 0. The second-order valence-electron chi connectivity index (χ2n) is 7.43. The maximum absolute atomic E-state index is 10.5. The molecule has 0 amide bonds. The van der Waals surface area contributed by atoms with Gasteiger partial charge in [0.2, 0.25) is 0 Å². The van der Waals surface area contributed by atoms with E-state index in [2.05, 4.69) is 57.1 Å². The summed E-state index contributed by atoms with van der Waals surface area (Å²) in [6, 6.07) is 14.0. The first kappa shape index (κ1) is 30.3. The van der Waals surface area contributed by atoms with Gasteiger partial charge in [0.1, 0.15) is 0 Å². The Morgan fingerprint density at radius 2 is 1.75 bits per heavy atom. The number of benzene rings is 2. The largest absolute Gasteiger partial charge is 1.00 e. The molecular weight excluding hydrogens is 472 g/mol. The standard InChI is InChI=1S/C21H25NO6S2.2Na/c1-15-21(2,3)19-14-17(16-6-9-18(10-7-16)29-28-27-23)8-11-20(19)22(15)12-4-5-13-26-30(24)25;;/h6-11,14,23H,1,4-5,12-13H2,2-3H3,(H,24,25);;/q;2*+1/p-2. The van der Waals surface area contributed by atoms with Crippen molar-refractivity contribution in [3.63, 3.8) is 0 Å². The fraction of sp³-hybridized carbons (Fsp3) is 0.333. The predicted octanol–water partition coefficient (Wildman–Crippen LogP) is -2.21. The topological polar surface area (TPSA) is 94.1 Å². The maximum Gasteiger partial charge on any atom is 1.00 e. The van der Waals surface area contributed by atoms with Gasteiger partial charge in [-0.25, -0.2) is 4.21 Å². The van der Waals surface area contributed by atoms with E-state index in [0.717, 1.165) is 52.4 Å². The van der Waals surface area contributed by atoms with Crippen LogP contribution >= 0.6 is 12.0 Å². The molecule has 7 nitrogen and oxygen atoms in total. The first-order chi connectivity index (χ1) is 14.3. The van der Waals surface area contributed by atoms with Crippen LogP contribution in [0.4, 0.5) is 5.69 Å². The minimum Gasteiger partial charge on any atom is -0.750 e. The van der Waals surface area contributed by atoms with Crippen molar-refractivity contribution in [1.82, 2.24) is 0 Å². The van der Waals surface area contributed by atoms with Crippen LogP contribution in [0.5, 0.6) is 0 Å². The molecule has 162 valence electrons. The Morgan fingerprint density at radius 1 is 1.09 bits per heavy atom. The summed E-state index contributed by atoms with van der Waals surface area (Å²) < 4.78 is 29.8. The Balaban J connectivity index is 0.00000256. The molecule has 0 saturated carbocycles. The molecule has 0 aromatic heterocycles. The second-order valence-corrected chi connectivity index (χ2v) is 8.85. The van der Waals surface area contributed by atoms with Crippen LogP contribution in [-0.2, 0) is 30.3 Å². The minimum atomic E-state index is -2.46. The van der Waals surface area contributed by atoms with Gasteiger partial charge in [0.05, 0.1) is 30.0 Å². The summed E-state index contributed by atoms with van der Waals surface area (Å²) in [6.45, 7) is 9.56. The molecule has 1 atom stereocenters. The number of hydrogen-bond acceptors (Lipinski definition) is 8. The van der Waals surface area contributed by atoms with Gasteiger partial charge < -0.3 is 18.9 Å². The molecule has 11 heteroatoms. The van der Waals surface area contributed by atoms with Gasteiger partial charge in [-0.15, -0.1) is 0 Å². The zero-order chi connectivity index (χ0) is 21.7. The SMILES string of the molecule is C=C1N(CCCCOS(=O)[O-])c2ccc(-c3ccc(SOO[O-])cc3)cc2C1(C)C.[Na+].[Na+]. The average Bonchev–Trinajstić information content (AvgIpc) is 2.92. The molecule has 3 rings (SSSR count). The van der Waals surface area contributed by atoms with Crippen molar-refractivity contribution in [2.24, 2.45) is 0 Å². The van der Waals surface area contributed by atoms with Crippen LogP contribution in [0.3, 0.4) is 0 Å². The quantitative estimate of drug-likeness (QED) is 0.0916. The molecule has 0 spiro atoms. The fourth-order valence-corrected chi connectivity index (χ4v) is 4.21. The van der Waals surface area contributed by atoms with Crippen molar-refractivity contribution in [3.8, 4) is 11.1 Å². The average molecular weight is 496 g/mol.